The second kappa shape index (κ2) is 13.6. The first-order valence-electron chi connectivity index (χ1n) is 10.6. The lowest BCUT2D eigenvalue weighted by molar-refractivity contribution is -0.122. The van der Waals surface area contributed by atoms with Gasteiger partial charge in [-0.05, 0) is 36.6 Å². The van der Waals surface area contributed by atoms with Crippen LogP contribution in [0.5, 0.6) is 0 Å². The van der Waals surface area contributed by atoms with Crippen molar-refractivity contribution >= 4 is 30.1 Å². The van der Waals surface area contributed by atoms with Crippen LogP contribution >= 0.6 is 12.6 Å². The van der Waals surface area contributed by atoms with E-state index in [2.05, 4.69) is 29.8 Å². The normalized spacial score (nSPS) is 11.6. The number of hydrogen-bond donors (Lipinski definition) is 3. The van der Waals surface area contributed by atoms with Crippen molar-refractivity contribution in [1.29, 1.82) is 0 Å². The Labute approximate surface area is 195 Å². The van der Waals surface area contributed by atoms with E-state index in [1.165, 1.54) is 0 Å². The van der Waals surface area contributed by atoms with Crippen LogP contribution in [0.1, 0.15) is 42.4 Å². The highest BCUT2D eigenvalue weighted by molar-refractivity contribution is 7.80. The monoisotopic (exact) mass is 453 g/mol. The number of para-hydroxylation sites is 1. The minimum atomic E-state index is -0.0114. The largest absolute Gasteiger partial charge is 0.379 e. The van der Waals surface area contributed by atoms with Gasteiger partial charge in [-0.1, -0.05) is 42.2 Å². The van der Waals surface area contributed by atoms with Crippen molar-refractivity contribution in [2.45, 2.75) is 32.2 Å². The highest BCUT2D eigenvalue weighted by atomic mass is 32.1. The number of fused-ring (bicyclic) bond motifs is 2. The summed E-state index contributed by atoms with van der Waals surface area (Å²) in [5.74, 6) is 7.14. The molecule has 3 rings (SSSR count). The SMILES string of the molecule is N.O=C(CCCCC(=O)N1Cc2ccccc2C#Cc2ccccc21)NCCOCCS. The third kappa shape index (κ3) is 7.41. The Morgan fingerprint density at radius 2 is 1.66 bits per heavy atom. The van der Waals surface area contributed by atoms with Gasteiger partial charge in [-0.15, -0.1) is 0 Å². The van der Waals surface area contributed by atoms with Crippen LogP contribution in [0.3, 0.4) is 0 Å². The highest BCUT2D eigenvalue weighted by Crippen LogP contribution is 2.26. The Kier molecular flexibility index (Phi) is 10.8. The number of unbranched alkanes of at least 4 members (excludes halogenated alkanes) is 1. The lowest BCUT2D eigenvalue weighted by atomic mass is 10.0. The fourth-order valence-electron chi connectivity index (χ4n) is 3.42. The smallest absolute Gasteiger partial charge is 0.227 e. The molecule has 0 saturated heterocycles. The Hall–Kier alpha value is -2.79. The van der Waals surface area contributed by atoms with E-state index >= 15 is 0 Å². The summed E-state index contributed by atoms with van der Waals surface area (Å²) in [5.41, 5.74) is 3.68. The molecular formula is C25H31N3O3S. The van der Waals surface area contributed by atoms with Gasteiger partial charge < -0.3 is 21.1 Å². The Morgan fingerprint density at radius 1 is 0.969 bits per heavy atom. The van der Waals surface area contributed by atoms with E-state index < -0.39 is 0 Å². The standard InChI is InChI=1S/C25H28N2O3S.H3N/c28-24(26-15-16-30-17-18-31)11-5-6-12-25(29)27-19-22-9-2-1-7-20(22)13-14-21-8-3-4-10-23(21)27;/h1-4,7-10,31H,5-6,11-12,15-19H2,(H,26,28);1H3. The zero-order valence-electron chi connectivity index (χ0n) is 18.3. The second-order valence-electron chi connectivity index (χ2n) is 7.30. The van der Waals surface area contributed by atoms with Crippen LogP contribution in [0.2, 0.25) is 0 Å². The predicted octanol–water partition coefficient (Wildman–Crippen LogP) is 3.72. The lowest BCUT2D eigenvalue weighted by Crippen LogP contribution is -2.31. The summed E-state index contributed by atoms with van der Waals surface area (Å²) in [6, 6.07) is 15.7. The molecule has 0 aliphatic carbocycles. The molecule has 0 fully saturated rings. The van der Waals surface area contributed by atoms with Crippen LogP contribution in [0.4, 0.5) is 5.69 Å². The van der Waals surface area contributed by atoms with Crippen LogP contribution in [-0.2, 0) is 20.9 Å². The first kappa shape index (κ1) is 25.5. The average Bonchev–Trinajstić information content (AvgIpc) is 2.78. The molecule has 0 bridgehead atoms. The molecule has 0 unspecified atom stereocenters. The molecule has 1 aliphatic heterocycles. The van der Waals surface area contributed by atoms with Gasteiger partial charge in [0.1, 0.15) is 0 Å². The van der Waals surface area contributed by atoms with Crippen LogP contribution in [0, 0.1) is 11.8 Å². The molecule has 0 atom stereocenters. The molecule has 7 heteroatoms. The molecule has 0 radical (unpaired) electrons. The molecule has 1 heterocycles. The molecule has 32 heavy (non-hydrogen) atoms. The molecule has 2 aromatic carbocycles. The molecule has 0 spiro atoms. The van der Waals surface area contributed by atoms with Gasteiger partial charge in [0, 0.05) is 36.3 Å². The number of carbonyl (C=O) groups is 2. The minimum absolute atomic E-state index is 0. The molecule has 2 aromatic rings. The van der Waals surface area contributed by atoms with Crippen LogP contribution in [-0.4, -0.2) is 37.3 Å². The van der Waals surface area contributed by atoms with Crippen molar-refractivity contribution in [2.75, 3.05) is 30.4 Å². The Balaban J connectivity index is 0.00000363. The summed E-state index contributed by atoms with van der Waals surface area (Å²) in [7, 11) is 0. The van der Waals surface area contributed by atoms with Crippen molar-refractivity contribution < 1.29 is 14.3 Å². The molecule has 170 valence electrons. The maximum Gasteiger partial charge on any atom is 0.227 e. The van der Waals surface area contributed by atoms with Crippen LogP contribution in [0.25, 0.3) is 0 Å². The van der Waals surface area contributed by atoms with E-state index in [1.54, 1.807) is 0 Å². The maximum absolute atomic E-state index is 13.1. The number of nitrogens with zero attached hydrogens (tertiary/aromatic N) is 1. The number of ether oxygens (including phenoxy) is 1. The fraction of sp³-hybridized carbons (Fsp3) is 0.360. The van der Waals surface area contributed by atoms with Gasteiger partial charge in [-0.2, -0.15) is 12.6 Å². The summed E-state index contributed by atoms with van der Waals surface area (Å²) in [4.78, 5) is 26.8. The van der Waals surface area contributed by atoms with Crippen molar-refractivity contribution in [2.24, 2.45) is 0 Å². The van der Waals surface area contributed by atoms with Gasteiger partial charge in [0.2, 0.25) is 11.8 Å². The molecular weight excluding hydrogens is 422 g/mol. The number of nitrogens with one attached hydrogen (secondary N) is 1. The van der Waals surface area contributed by atoms with Gasteiger partial charge in [0.05, 0.1) is 25.4 Å². The van der Waals surface area contributed by atoms with Gasteiger partial charge in [-0.3, -0.25) is 9.59 Å². The number of amides is 2. The summed E-state index contributed by atoms with van der Waals surface area (Å²) in [6.07, 6.45) is 2.13. The van der Waals surface area contributed by atoms with Gasteiger partial charge in [-0.25, -0.2) is 0 Å². The number of anilines is 1. The number of rotatable bonds is 10. The predicted molar refractivity (Wildman–Crippen MR) is 131 cm³/mol. The van der Waals surface area contributed by atoms with Crippen molar-refractivity contribution in [3.8, 4) is 11.8 Å². The Bertz CT molecular complexity index is 968. The van der Waals surface area contributed by atoms with E-state index in [-0.39, 0.29) is 18.0 Å². The molecule has 4 N–H and O–H groups in total. The Morgan fingerprint density at radius 3 is 2.47 bits per heavy atom. The number of thiol groups is 1. The molecule has 0 saturated carbocycles. The van der Waals surface area contributed by atoms with E-state index in [9.17, 15) is 9.59 Å². The first-order chi connectivity index (χ1) is 15.2. The minimum Gasteiger partial charge on any atom is -0.379 e. The van der Waals surface area contributed by atoms with Crippen molar-refractivity contribution in [3.63, 3.8) is 0 Å². The number of hydrogen-bond acceptors (Lipinski definition) is 5. The zero-order valence-corrected chi connectivity index (χ0v) is 19.2. The summed E-state index contributed by atoms with van der Waals surface area (Å²) in [5, 5.41) is 2.83. The van der Waals surface area contributed by atoms with Crippen LogP contribution < -0.4 is 16.4 Å². The van der Waals surface area contributed by atoms with Crippen molar-refractivity contribution in [3.05, 3.63) is 65.2 Å². The van der Waals surface area contributed by atoms with E-state index in [0.29, 0.717) is 57.7 Å². The van der Waals surface area contributed by atoms with E-state index in [0.717, 1.165) is 22.4 Å². The third-order valence-corrected chi connectivity index (χ3v) is 5.20. The topological polar surface area (TPSA) is 93.6 Å². The third-order valence-electron chi connectivity index (χ3n) is 5.02. The molecule has 6 nitrogen and oxygen atoms in total. The van der Waals surface area contributed by atoms with Gasteiger partial charge in [0.25, 0.3) is 0 Å². The average molecular weight is 454 g/mol. The summed E-state index contributed by atoms with van der Waals surface area (Å²) in [6.45, 7) is 2.06. The fourth-order valence-corrected chi connectivity index (χ4v) is 3.55. The number of carbonyl (C=O) groups excluding carboxylic acids is 2. The quantitative estimate of drug-likeness (QED) is 0.290. The maximum atomic E-state index is 13.1. The zero-order chi connectivity index (χ0) is 21.9. The molecule has 1 aliphatic rings. The van der Waals surface area contributed by atoms with Crippen molar-refractivity contribution in [1.82, 2.24) is 11.5 Å². The van der Waals surface area contributed by atoms with E-state index in [1.807, 2.05) is 53.4 Å². The molecule has 2 amide bonds. The van der Waals surface area contributed by atoms with Gasteiger partial charge >= 0.3 is 0 Å². The molecule has 0 aromatic heterocycles. The number of benzene rings is 2. The van der Waals surface area contributed by atoms with Gasteiger partial charge in [0.15, 0.2) is 0 Å². The lowest BCUT2D eigenvalue weighted by Gasteiger charge is -2.26. The van der Waals surface area contributed by atoms with Crippen LogP contribution in [0.15, 0.2) is 48.5 Å². The second-order valence-corrected chi connectivity index (χ2v) is 7.74. The highest BCUT2D eigenvalue weighted by Gasteiger charge is 2.20. The first-order valence-corrected chi connectivity index (χ1v) is 11.3. The van der Waals surface area contributed by atoms with E-state index in [4.69, 9.17) is 4.74 Å². The summed E-state index contributed by atoms with van der Waals surface area (Å²) >= 11 is 4.07. The summed E-state index contributed by atoms with van der Waals surface area (Å²) < 4.78 is 5.28.